The van der Waals surface area contributed by atoms with Crippen molar-refractivity contribution in [1.29, 1.82) is 0 Å². The van der Waals surface area contributed by atoms with Crippen molar-refractivity contribution >= 4 is 41.0 Å². The molecule has 7 heteroatoms. The Morgan fingerprint density at radius 3 is 2.48 bits per heavy atom. The molecule has 0 aliphatic carbocycles. The minimum atomic E-state index is -1.08. The van der Waals surface area contributed by atoms with Gasteiger partial charge in [0.25, 0.3) is 5.91 Å². The number of nitrogens with zero attached hydrogens (tertiary/aromatic N) is 2. The predicted octanol–water partition coefficient (Wildman–Crippen LogP) is 2.46. The van der Waals surface area contributed by atoms with Gasteiger partial charge in [0.15, 0.2) is 11.0 Å². The molecule has 126 valence electrons. The number of carbonyl (C=O) groups excluding carboxylic acids is 2. The molecule has 1 atom stereocenters. The van der Waals surface area contributed by atoms with Gasteiger partial charge in [0.1, 0.15) is 5.82 Å². The molecule has 3 rings (SSSR count). The Hall–Kier alpha value is -2.93. The molecule has 1 saturated heterocycles. The van der Waals surface area contributed by atoms with E-state index in [0.29, 0.717) is 12.2 Å². The monoisotopic (exact) mass is 355 g/mol. The van der Waals surface area contributed by atoms with Crippen molar-refractivity contribution < 1.29 is 14.0 Å². The molecule has 0 radical (unpaired) electrons. The van der Waals surface area contributed by atoms with Crippen molar-refractivity contribution in [1.82, 2.24) is 5.32 Å². The second kappa shape index (κ2) is 7.31. The molecule has 2 amide bonds. The van der Waals surface area contributed by atoms with E-state index in [2.05, 4.69) is 10.3 Å². The van der Waals surface area contributed by atoms with Crippen molar-refractivity contribution in [2.24, 2.45) is 10.9 Å². The third-order valence-corrected chi connectivity index (χ3v) is 3.94. The number of rotatable bonds is 4. The molecule has 0 aromatic heterocycles. The molecule has 1 aliphatic heterocycles. The van der Waals surface area contributed by atoms with Gasteiger partial charge in [-0.1, -0.05) is 30.3 Å². The van der Waals surface area contributed by atoms with Gasteiger partial charge in [-0.3, -0.25) is 19.5 Å². The maximum Gasteiger partial charge on any atom is 0.251 e. The first-order valence-electron chi connectivity index (χ1n) is 7.54. The molecule has 5 nitrogen and oxygen atoms in total. The van der Waals surface area contributed by atoms with Crippen LogP contribution < -0.4 is 10.2 Å². The fraction of sp³-hybridized carbons (Fsp3) is 0.111. The Morgan fingerprint density at radius 2 is 1.80 bits per heavy atom. The molecule has 2 aromatic carbocycles. The summed E-state index contributed by atoms with van der Waals surface area (Å²) in [5.41, 5.74) is 1.35. The van der Waals surface area contributed by atoms with Crippen molar-refractivity contribution in [2.75, 3.05) is 4.90 Å². The van der Waals surface area contributed by atoms with E-state index in [1.54, 1.807) is 0 Å². The van der Waals surface area contributed by atoms with Gasteiger partial charge >= 0.3 is 0 Å². The van der Waals surface area contributed by atoms with E-state index in [4.69, 9.17) is 12.2 Å². The standard InChI is InChI=1S/C18H14FN3O2S/c19-13-6-8-14(9-7-13)22-17(24)15(16(23)21-18(22)25)11-20-10-12-4-2-1-3-5-12/h1-9,11,15H,10H2,(H,21,23,25). The topological polar surface area (TPSA) is 61.8 Å². The van der Waals surface area contributed by atoms with Gasteiger partial charge in [0.05, 0.1) is 12.2 Å². The van der Waals surface area contributed by atoms with Crippen LogP contribution in [-0.2, 0) is 16.1 Å². The first-order valence-corrected chi connectivity index (χ1v) is 7.95. The number of amides is 2. The summed E-state index contributed by atoms with van der Waals surface area (Å²) in [4.78, 5) is 30.1. The number of benzene rings is 2. The van der Waals surface area contributed by atoms with Gasteiger partial charge in [-0.25, -0.2) is 4.39 Å². The van der Waals surface area contributed by atoms with Crippen molar-refractivity contribution in [3.8, 4) is 0 Å². The number of halogens is 1. The molecule has 1 heterocycles. The first-order chi connectivity index (χ1) is 12.1. The Bertz CT molecular complexity index is 837. The first kappa shape index (κ1) is 16.9. The zero-order valence-electron chi connectivity index (χ0n) is 13.1. The number of hydrogen-bond donors (Lipinski definition) is 1. The minimum Gasteiger partial charge on any atom is -0.301 e. The second-order valence-corrected chi connectivity index (χ2v) is 5.78. The predicted molar refractivity (Wildman–Crippen MR) is 96.8 cm³/mol. The third-order valence-electron chi connectivity index (χ3n) is 3.66. The molecule has 1 N–H and O–H groups in total. The van der Waals surface area contributed by atoms with Gasteiger partial charge < -0.3 is 5.32 Å². The van der Waals surface area contributed by atoms with Crippen LogP contribution in [0.5, 0.6) is 0 Å². The number of nitrogens with one attached hydrogen (secondary N) is 1. The van der Waals surface area contributed by atoms with Crippen molar-refractivity contribution in [3.05, 3.63) is 66.0 Å². The van der Waals surface area contributed by atoms with Crippen molar-refractivity contribution in [3.63, 3.8) is 0 Å². The van der Waals surface area contributed by atoms with Crippen LogP contribution in [0.4, 0.5) is 10.1 Å². The van der Waals surface area contributed by atoms with Gasteiger partial charge in [-0.05, 0) is 42.0 Å². The largest absolute Gasteiger partial charge is 0.301 e. The zero-order valence-corrected chi connectivity index (χ0v) is 13.9. The van der Waals surface area contributed by atoms with E-state index < -0.39 is 23.5 Å². The number of hydrogen-bond acceptors (Lipinski definition) is 4. The summed E-state index contributed by atoms with van der Waals surface area (Å²) < 4.78 is 13.1. The van der Waals surface area contributed by atoms with Crippen LogP contribution in [0.15, 0.2) is 59.6 Å². The maximum absolute atomic E-state index is 13.1. The van der Waals surface area contributed by atoms with E-state index in [9.17, 15) is 14.0 Å². The quantitative estimate of drug-likeness (QED) is 0.521. The highest BCUT2D eigenvalue weighted by Crippen LogP contribution is 2.20. The van der Waals surface area contributed by atoms with Crippen LogP contribution in [0.3, 0.4) is 0 Å². The Morgan fingerprint density at radius 1 is 1.12 bits per heavy atom. The lowest BCUT2D eigenvalue weighted by molar-refractivity contribution is -0.130. The minimum absolute atomic E-state index is 0.0330. The third kappa shape index (κ3) is 3.77. The molecule has 0 spiro atoms. The van der Waals surface area contributed by atoms with Crippen LogP contribution >= 0.6 is 12.2 Å². The van der Waals surface area contributed by atoms with Crippen molar-refractivity contribution in [2.45, 2.75) is 6.54 Å². The highest BCUT2D eigenvalue weighted by atomic mass is 32.1. The van der Waals surface area contributed by atoms with E-state index in [1.807, 2.05) is 30.3 Å². The smallest absolute Gasteiger partial charge is 0.251 e. The summed E-state index contributed by atoms with van der Waals surface area (Å²) >= 11 is 5.07. The summed E-state index contributed by atoms with van der Waals surface area (Å²) in [5.74, 6) is -2.55. The average molecular weight is 355 g/mol. The van der Waals surface area contributed by atoms with Crippen LogP contribution in [0.2, 0.25) is 0 Å². The maximum atomic E-state index is 13.1. The van der Waals surface area contributed by atoms with Gasteiger partial charge in [-0.2, -0.15) is 0 Å². The summed E-state index contributed by atoms with van der Waals surface area (Å²) in [6, 6.07) is 14.8. The molecular weight excluding hydrogens is 341 g/mol. The fourth-order valence-electron chi connectivity index (χ4n) is 2.40. The van der Waals surface area contributed by atoms with E-state index in [1.165, 1.54) is 35.4 Å². The van der Waals surface area contributed by atoms with Crippen LogP contribution in [0.1, 0.15) is 5.56 Å². The highest BCUT2D eigenvalue weighted by Gasteiger charge is 2.38. The van der Waals surface area contributed by atoms with Crippen LogP contribution in [-0.4, -0.2) is 23.1 Å². The lowest BCUT2D eigenvalue weighted by Crippen LogP contribution is -2.58. The lowest BCUT2D eigenvalue weighted by Gasteiger charge is -2.30. The number of aliphatic imine (C=N–C) groups is 1. The normalized spacial score (nSPS) is 17.9. The number of anilines is 1. The lowest BCUT2D eigenvalue weighted by atomic mass is 10.1. The molecule has 25 heavy (non-hydrogen) atoms. The summed E-state index contributed by atoms with van der Waals surface area (Å²) in [6.07, 6.45) is 1.32. The zero-order chi connectivity index (χ0) is 17.8. The Balaban J connectivity index is 1.79. The molecule has 2 aromatic rings. The van der Waals surface area contributed by atoms with E-state index in [0.717, 1.165) is 5.56 Å². The molecule has 1 unspecified atom stereocenters. The summed E-state index contributed by atoms with van der Waals surface area (Å²) in [5, 5.41) is 2.45. The molecule has 1 aliphatic rings. The number of thiocarbonyl (C=S) groups is 1. The van der Waals surface area contributed by atoms with Crippen LogP contribution in [0.25, 0.3) is 0 Å². The molecule has 0 bridgehead atoms. The second-order valence-electron chi connectivity index (χ2n) is 5.40. The molecule has 0 saturated carbocycles. The Kier molecular flexibility index (Phi) is 4.95. The number of carbonyl (C=O) groups is 2. The van der Waals surface area contributed by atoms with E-state index >= 15 is 0 Å². The Labute approximate surface area is 149 Å². The molecular formula is C18H14FN3O2S. The van der Waals surface area contributed by atoms with Crippen LogP contribution in [0, 0.1) is 11.7 Å². The van der Waals surface area contributed by atoms with E-state index in [-0.39, 0.29) is 5.11 Å². The van der Waals surface area contributed by atoms with Gasteiger partial charge in [0, 0.05) is 6.21 Å². The van der Waals surface area contributed by atoms with Gasteiger partial charge in [0.2, 0.25) is 5.91 Å². The fourth-order valence-corrected chi connectivity index (χ4v) is 2.70. The summed E-state index contributed by atoms with van der Waals surface area (Å²) in [6.45, 7) is 0.360. The SMILES string of the molecule is O=C1NC(=S)N(c2ccc(F)cc2)C(=O)C1C=NCc1ccccc1. The average Bonchev–Trinajstić information content (AvgIpc) is 2.60. The molecule has 1 fully saturated rings. The van der Waals surface area contributed by atoms with Gasteiger partial charge in [-0.15, -0.1) is 0 Å². The highest BCUT2D eigenvalue weighted by molar-refractivity contribution is 7.80. The summed E-state index contributed by atoms with van der Waals surface area (Å²) in [7, 11) is 0.